The molecule has 1 N–H and O–H groups in total. The molecule has 1 aliphatic rings. The first-order valence-electron chi connectivity index (χ1n) is 7.34. The van der Waals surface area contributed by atoms with Crippen molar-refractivity contribution in [2.24, 2.45) is 11.3 Å². The first-order valence-corrected chi connectivity index (χ1v) is 8.10. The quantitative estimate of drug-likeness (QED) is 0.660. The summed E-state index contributed by atoms with van der Waals surface area (Å²) in [5.74, 6) is -0.296. The lowest BCUT2D eigenvalue weighted by Gasteiger charge is -2.11. The van der Waals surface area contributed by atoms with E-state index in [4.69, 9.17) is 27.9 Å². The van der Waals surface area contributed by atoms with Gasteiger partial charge in [0.25, 0.3) is 0 Å². The van der Waals surface area contributed by atoms with Gasteiger partial charge in [0.2, 0.25) is 5.91 Å². The van der Waals surface area contributed by atoms with E-state index in [-0.39, 0.29) is 40.1 Å². The number of fused-ring (bicyclic) bond motifs is 1. The molecule has 0 aliphatic heterocycles. The van der Waals surface area contributed by atoms with Crippen molar-refractivity contribution in [2.75, 3.05) is 11.9 Å². The van der Waals surface area contributed by atoms with Crippen LogP contribution >= 0.6 is 23.2 Å². The predicted molar refractivity (Wildman–Crippen MR) is 91.0 cm³/mol. The second-order valence-corrected chi connectivity index (χ2v) is 6.95. The van der Waals surface area contributed by atoms with Crippen molar-refractivity contribution in [1.82, 2.24) is 9.97 Å². The molecule has 0 spiro atoms. The zero-order valence-corrected chi connectivity index (χ0v) is 14.6. The third kappa shape index (κ3) is 3.44. The van der Waals surface area contributed by atoms with Crippen LogP contribution in [0.2, 0.25) is 10.3 Å². The Hall–Kier alpha value is -1.92. The lowest BCUT2D eigenvalue weighted by molar-refractivity contribution is -0.143. The van der Waals surface area contributed by atoms with E-state index in [2.05, 4.69) is 15.3 Å². The van der Waals surface area contributed by atoms with Crippen LogP contribution in [0.3, 0.4) is 0 Å². The second kappa shape index (κ2) is 6.18. The minimum absolute atomic E-state index is 0.150. The summed E-state index contributed by atoms with van der Waals surface area (Å²) in [5.41, 5.74) is -0.316. The smallest absolute Gasteiger partial charge is 0.302 e. The number of ether oxygens (including phenoxy) is 1. The molecule has 3 rings (SSSR count). The zero-order valence-electron chi connectivity index (χ0n) is 13.1. The second-order valence-electron chi connectivity index (χ2n) is 6.21. The number of pyridine rings is 2. The standard InChI is InChI=1S/C16H15Cl2N3O3/c1-8(22)24-7-16(2)5-11(16)15(23)21-13-4-9-3-12(17)20-14(18)10(9)6-19-13/h3-4,6,11H,5,7H2,1-2H3,(H,19,21,23). The van der Waals surface area contributed by atoms with Gasteiger partial charge in [0.1, 0.15) is 16.1 Å². The monoisotopic (exact) mass is 367 g/mol. The van der Waals surface area contributed by atoms with Crippen molar-refractivity contribution >= 4 is 51.7 Å². The van der Waals surface area contributed by atoms with Gasteiger partial charge in [-0.05, 0) is 23.9 Å². The molecule has 2 aromatic rings. The SMILES string of the molecule is CC(=O)OCC1(C)CC1C(=O)Nc1cc2cc(Cl)nc(Cl)c2cn1. The van der Waals surface area contributed by atoms with Crippen LogP contribution in [0.5, 0.6) is 0 Å². The van der Waals surface area contributed by atoms with E-state index >= 15 is 0 Å². The number of anilines is 1. The van der Waals surface area contributed by atoms with Crippen LogP contribution in [0.15, 0.2) is 18.3 Å². The van der Waals surface area contributed by atoms with Crippen molar-refractivity contribution in [2.45, 2.75) is 20.3 Å². The summed E-state index contributed by atoms with van der Waals surface area (Å²) in [6.45, 7) is 3.51. The Bertz CT molecular complexity index is 843. The highest BCUT2D eigenvalue weighted by Crippen LogP contribution is 2.52. The first-order chi connectivity index (χ1) is 11.3. The van der Waals surface area contributed by atoms with E-state index in [1.807, 2.05) is 6.92 Å². The Kier molecular flexibility index (Phi) is 4.36. The van der Waals surface area contributed by atoms with Gasteiger partial charge in [-0.3, -0.25) is 9.59 Å². The van der Waals surface area contributed by atoms with Crippen molar-refractivity contribution in [3.05, 3.63) is 28.6 Å². The van der Waals surface area contributed by atoms with Gasteiger partial charge in [-0.2, -0.15) is 0 Å². The minimum Gasteiger partial charge on any atom is -0.465 e. The molecule has 0 bridgehead atoms. The molecule has 0 aromatic carbocycles. The Balaban J connectivity index is 1.71. The molecule has 1 amide bonds. The largest absolute Gasteiger partial charge is 0.465 e. The van der Waals surface area contributed by atoms with E-state index in [0.717, 1.165) is 5.39 Å². The van der Waals surface area contributed by atoms with E-state index in [9.17, 15) is 9.59 Å². The number of halogens is 2. The minimum atomic E-state index is -0.346. The van der Waals surface area contributed by atoms with Crippen molar-refractivity contribution in [3.8, 4) is 0 Å². The summed E-state index contributed by atoms with van der Waals surface area (Å²) < 4.78 is 5.01. The summed E-state index contributed by atoms with van der Waals surface area (Å²) in [7, 11) is 0. The van der Waals surface area contributed by atoms with E-state index in [1.54, 1.807) is 18.3 Å². The number of carbonyl (C=O) groups excluding carboxylic acids is 2. The number of amides is 1. The van der Waals surface area contributed by atoms with Crippen LogP contribution < -0.4 is 5.32 Å². The molecule has 1 fully saturated rings. The van der Waals surface area contributed by atoms with Gasteiger partial charge < -0.3 is 10.1 Å². The summed E-state index contributed by atoms with van der Waals surface area (Å²) >= 11 is 11.9. The fourth-order valence-corrected chi connectivity index (χ4v) is 3.10. The van der Waals surface area contributed by atoms with Crippen molar-refractivity contribution < 1.29 is 14.3 Å². The molecular weight excluding hydrogens is 353 g/mol. The molecular formula is C16H15Cl2N3O3. The lowest BCUT2D eigenvalue weighted by atomic mass is 10.1. The maximum Gasteiger partial charge on any atom is 0.302 e. The van der Waals surface area contributed by atoms with Crippen molar-refractivity contribution in [1.29, 1.82) is 0 Å². The Morgan fingerprint density at radius 2 is 2.17 bits per heavy atom. The molecule has 0 radical (unpaired) electrons. The summed E-state index contributed by atoms with van der Waals surface area (Å²) in [6, 6.07) is 3.35. The van der Waals surface area contributed by atoms with Gasteiger partial charge >= 0.3 is 5.97 Å². The highest BCUT2D eigenvalue weighted by atomic mass is 35.5. The van der Waals surface area contributed by atoms with Crippen LogP contribution in [0, 0.1) is 11.3 Å². The maximum absolute atomic E-state index is 12.3. The third-order valence-electron chi connectivity index (χ3n) is 4.16. The number of hydrogen-bond acceptors (Lipinski definition) is 5. The normalized spacial score (nSPS) is 22.2. The molecule has 2 heterocycles. The number of esters is 1. The van der Waals surface area contributed by atoms with Gasteiger partial charge in [0.15, 0.2) is 0 Å². The summed E-state index contributed by atoms with van der Waals surface area (Å²) in [6.07, 6.45) is 2.21. The molecule has 8 heteroatoms. The summed E-state index contributed by atoms with van der Waals surface area (Å²) in [4.78, 5) is 31.4. The number of nitrogens with zero attached hydrogens (tertiary/aromatic N) is 2. The number of aromatic nitrogens is 2. The van der Waals surface area contributed by atoms with Gasteiger partial charge in [-0.15, -0.1) is 0 Å². The molecule has 6 nitrogen and oxygen atoms in total. The number of hydrogen-bond donors (Lipinski definition) is 1. The fraction of sp³-hybridized carbons (Fsp3) is 0.375. The third-order valence-corrected chi connectivity index (χ3v) is 4.64. The average molecular weight is 368 g/mol. The molecule has 24 heavy (non-hydrogen) atoms. The lowest BCUT2D eigenvalue weighted by Crippen LogP contribution is -2.21. The molecule has 2 atom stereocenters. The van der Waals surface area contributed by atoms with Crippen LogP contribution in [0.4, 0.5) is 5.82 Å². The van der Waals surface area contributed by atoms with Gasteiger partial charge in [0, 0.05) is 29.8 Å². The fourth-order valence-electron chi connectivity index (χ4n) is 2.60. The Morgan fingerprint density at radius 1 is 1.42 bits per heavy atom. The molecule has 2 aromatic heterocycles. The van der Waals surface area contributed by atoms with E-state index < -0.39 is 0 Å². The van der Waals surface area contributed by atoms with Gasteiger partial charge in [0.05, 0.1) is 6.61 Å². The Morgan fingerprint density at radius 3 is 2.88 bits per heavy atom. The van der Waals surface area contributed by atoms with Crippen LogP contribution in [0.1, 0.15) is 20.3 Å². The maximum atomic E-state index is 12.3. The number of nitrogens with one attached hydrogen (secondary N) is 1. The summed E-state index contributed by atoms with van der Waals surface area (Å²) in [5, 5.41) is 4.71. The van der Waals surface area contributed by atoms with Crippen LogP contribution in [-0.4, -0.2) is 28.5 Å². The van der Waals surface area contributed by atoms with E-state index in [1.165, 1.54) is 6.92 Å². The molecule has 126 valence electrons. The predicted octanol–water partition coefficient (Wildman–Crippen LogP) is 3.46. The molecule has 0 saturated heterocycles. The van der Waals surface area contributed by atoms with Crippen LogP contribution in [-0.2, 0) is 14.3 Å². The number of carbonyl (C=O) groups is 2. The first kappa shape index (κ1) is 16.9. The molecule has 1 aliphatic carbocycles. The zero-order chi connectivity index (χ0) is 17.5. The average Bonchev–Trinajstić information content (AvgIpc) is 3.17. The highest BCUT2D eigenvalue weighted by molar-refractivity contribution is 6.36. The highest BCUT2D eigenvalue weighted by Gasteiger charge is 2.55. The topological polar surface area (TPSA) is 81.2 Å². The van der Waals surface area contributed by atoms with Gasteiger partial charge in [-0.25, -0.2) is 9.97 Å². The van der Waals surface area contributed by atoms with Crippen molar-refractivity contribution in [3.63, 3.8) is 0 Å². The molecule has 1 saturated carbocycles. The van der Waals surface area contributed by atoms with E-state index in [0.29, 0.717) is 17.6 Å². The molecule has 2 unspecified atom stereocenters. The number of rotatable bonds is 4. The van der Waals surface area contributed by atoms with Crippen LogP contribution in [0.25, 0.3) is 10.8 Å². The Labute approximate surface area is 148 Å². The van der Waals surface area contributed by atoms with Gasteiger partial charge in [-0.1, -0.05) is 30.1 Å².